The topological polar surface area (TPSA) is 34.1 Å². The molecule has 0 radical (unpaired) electrons. The normalized spacial score (nSPS) is 42.8. The summed E-state index contributed by atoms with van der Waals surface area (Å²) in [6, 6.07) is 0. The number of hydrogen-bond donors (Lipinski definition) is 0. The van der Waals surface area contributed by atoms with Crippen LogP contribution in [0.15, 0.2) is 49.1 Å². The van der Waals surface area contributed by atoms with Crippen molar-refractivity contribution in [2.24, 2.45) is 17.8 Å². The molecule has 22 heavy (non-hydrogen) atoms. The van der Waals surface area contributed by atoms with Gasteiger partial charge in [-0.05, 0) is 12.5 Å². The molecule has 2 nitrogen and oxygen atoms in total. The predicted octanol–water partition coefficient (Wildman–Crippen LogP) is 3.46. The fraction of sp³-hybridized carbons (Fsp3) is 0.444. The third kappa shape index (κ3) is 1.70. The first kappa shape index (κ1) is 15.1. The van der Waals surface area contributed by atoms with E-state index in [1.165, 1.54) is 18.2 Å². The van der Waals surface area contributed by atoms with Gasteiger partial charge in [-0.2, -0.15) is 0 Å². The van der Waals surface area contributed by atoms with Crippen LogP contribution in [0, 0.1) is 17.8 Å². The molecule has 0 saturated heterocycles. The molecule has 1 saturated carbocycles. The quantitative estimate of drug-likeness (QED) is 0.745. The van der Waals surface area contributed by atoms with Crippen LogP contribution in [-0.2, 0) is 9.59 Å². The van der Waals surface area contributed by atoms with Crippen LogP contribution in [-0.4, -0.2) is 22.9 Å². The Morgan fingerprint density at radius 1 is 1.18 bits per heavy atom. The molecule has 5 atom stereocenters. The molecular formula is C18H18F2O2. The summed E-state index contributed by atoms with van der Waals surface area (Å²) in [4.78, 5) is 24.6. The lowest BCUT2D eigenvalue weighted by atomic mass is 9.50. The Balaban J connectivity index is 2.15. The molecule has 4 aliphatic rings. The fourth-order valence-electron chi connectivity index (χ4n) is 4.33. The highest BCUT2D eigenvalue weighted by molar-refractivity contribution is 6.07. The molecule has 0 heterocycles. The van der Waals surface area contributed by atoms with E-state index >= 15 is 8.78 Å². The zero-order valence-electron chi connectivity index (χ0n) is 12.2. The van der Waals surface area contributed by atoms with E-state index in [9.17, 15) is 9.59 Å². The number of allylic oxidation sites excluding steroid dienone is 6. The van der Waals surface area contributed by atoms with E-state index < -0.39 is 40.7 Å². The number of fused-ring (bicyclic) bond motifs is 2. The Labute approximate surface area is 128 Å². The largest absolute Gasteiger partial charge is 0.291 e. The van der Waals surface area contributed by atoms with Gasteiger partial charge in [-0.25, -0.2) is 8.78 Å². The van der Waals surface area contributed by atoms with Gasteiger partial charge in [0.15, 0.2) is 22.9 Å². The van der Waals surface area contributed by atoms with E-state index in [-0.39, 0.29) is 19.3 Å². The first-order valence-electron chi connectivity index (χ1n) is 7.47. The van der Waals surface area contributed by atoms with Crippen molar-refractivity contribution in [2.75, 3.05) is 0 Å². The lowest BCUT2D eigenvalue weighted by Crippen LogP contribution is -2.63. The maximum atomic E-state index is 15.5. The van der Waals surface area contributed by atoms with Crippen molar-refractivity contribution >= 4 is 11.6 Å². The van der Waals surface area contributed by atoms with Crippen LogP contribution < -0.4 is 0 Å². The molecular weight excluding hydrogens is 286 g/mol. The van der Waals surface area contributed by atoms with E-state index in [0.717, 1.165) is 0 Å². The summed E-state index contributed by atoms with van der Waals surface area (Å²) in [6.45, 7) is 7.02. The monoisotopic (exact) mass is 304 g/mol. The zero-order valence-corrected chi connectivity index (χ0v) is 12.2. The number of hydrogen-bond acceptors (Lipinski definition) is 2. The Kier molecular flexibility index (Phi) is 3.31. The van der Waals surface area contributed by atoms with Crippen molar-refractivity contribution in [1.82, 2.24) is 0 Å². The summed E-state index contributed by atoms with van der Waals surface area (Å²) in [5, 5.41) is 0. The highest BCUT2D eigenvalue weighted by atomic mass is 19.1. The molecule has 0 N–H and O–H groups in total. The molecule has 0 amide bonds. The third-order valence-electron chi connectivity index (χ3n) is 5.27. The molecule has 4 aliphatic carbocycles. The van der Waals surface area contributed by atoms with Gasteiger partial charge >= 0.3 is 0 Å². The van der Waals surface area contributed by atoms with Gasteiger partial charge in [-0.3, -0.25) is 9.59 Å². The van der Waals surface area contributed by atoms with Crippen LogP contribution in [0.4, 0.5) is 8.78 Å². The lowest BCUT2D eigenvalue weighted by Gasteiger charge is -2.54. The Morgan fingerprint density at radius 2 is 1.82 bits per heavy atom. The SMILES string of the molecule is C=CC[C@]1(F)C(=O)C=C[C@H]2C3=CC[C@@H]([C@H]21)[C@](F)(CC=C)C3=O. The van der Waals surface area contributed by atoms with Gasteiger partial charge in [-0.15, -0.1) is 13.2 Å². The van der Waals surface area contributed by atoms with Gasteiger partial charge in [0.1, 0.15) is 0 Å². The number of carbonyl (C=O) groups is 2. The number of halogens is 2. The Hall–Kier alpha value is -1.84. The van der Waals surface area contributed by atoms with E-state index in [0.29, 0.717) is 5.57 Å². The first-order chi connectivity index (χ1) is 10.4. The predicted molar refractivity (Wildman–Crippen MR) is 79.6 cm³/mol. The average molecular weight is 304 g/mol. The van der Waals surface area contributed by atoms with Crippen molar-refractivity contribution in [3.63, 3.8) is 0 Å². The van der Waals surface area contributed by atoms with E-state index in [2.05, 4.69) is 13.2 Å². The summed E-state index contributed by atoms with van der Waals surface area (Å²) in [7, 11) is 0. The Bertz CT molecular complexity index is 633. The van der Waals surface area contributed by atoms with E-state index in [4.69, 9.17) is 0 Å². The van der Waals surface area contributed by atoms with Gasteiger partial charge in [0, 0.05) is 36.2 Å². The van der Waals surface area contributed by atoms with Crippen molar-refractivity contribution in [3.8, 4) is 0 Å². The van der Waals surface area contributed by atoms with Crippen LogP contribution in [0.2, 0.25) is 0 Å². The summed E-state index contributed by atoms with van der Waals surface area (Å²) in [5.74, 6) is -3.47. The van der Waals surface area contributed by atoms with Crippen LogP contribution in [0.1, 0.15) is 19.3 Å². The molecule has 0 aliphatic heterocycles. The lowest BCUT2D eigenvalue weighted by molar-refractivity contribution is -0.152. The molecule has 0 spiro atoms. The number of alkyl halides is 2. The molecule has 0 unspecified atom stereocenters. The Morgan fingerprint density at radius 3 is 2.45 bits per heavy atom. The summed E-state index contributed by atoms with van der Waals surface area (Å²) in [5.41, 5.74) is -4.05. The summed E-state index contributed by atoms with van der Waals surface area (Å²) in [6.07, 6.45) is 7.09. The van der Waals surface area contributed by atoms with Crippen LogP contribution in [0.3, 0.4) is 0 Å². The molecule has 0 aromatic rings. The number of carbonyl (C=O) groups excluding carboxylic acids is 2. The molecule has 4 heteroatoms. The first-order valence-corrected chi connectivity index (χ1v) is 7.47. The number of Topliss-reactive ketones (excluding diaryl/α,β-unsaturated/α-hetero) is 1. The van der Waals surface area contributed by atoms with Crippen molar-refractivity contribution < 1.29 is 18.4 Å². The molecule has 116 valence electrons. The number of rotatable bonds is 4. The minimum absolute atomic E-state index is 0.154. The smallest absolute Gasteiger partial charge is 0.196 e. The highest BCUT2D eigenvalue weighted by Crippen LogP contribution is 2.58. The maximum absolute atomic E-state index is 15.5. The van der Waals surface area contributed by atoms with Crippen LogP contribution >= 0.6 is 0 Å². The van der Waals surface area contributed by atoms with Gasteiger partial charge in [-0.1, -0.05) is 24.3 Å². The minimum atomic E-state index is -2.19. The summed E-state index contributed by atoms with van der Waals surface area (Å²) >= 11 is 0. The van der Waals surface area contributed by atoms with E-state index in [1.807, 2.05) is 0 Å². The van der Waals surface area contributed by atoms with Gasteiger partial charge in [0.25, 0.3) is 0 Å². The van der Waals surface area contributed by atoms with Crippen molar-refractivity contribution in [3.05, 3.63) is 49.1 Å². The van der Waals surface area contributed by atoms with Crippen molar-refractivity contribution in [2.45, 2.75) is 30.6 Å². The number of ketones is 2. The molecule has 4 rings (SSSR count). The average Bonchev–Trinajstić information content (AvgIpc) is 2.48. The zero-order chi connectivity index (χ0) is 16.1. The van der Waals surface area contributed by atoms with Gasteiger partial charge in [0.2, 0.25) is 0 Å². The van der Waals surface area contributed by atoms with Crippen LogP contribution in [0.5, 0.6) is 0 Å². The molecule has 0 aromatic carbocycles. The second-order valence-corrected chi connectivity index (χ2v) is 6.32. The fourth-order valence-corrected chi connectivity index (χ4v) is 4.33. The third-order valence-corrected chi connectivity index (χ3v) is 5.27. The minimum Gasteiger partial charge on any atom is -0.291 e. The standard InChI is InChI=1S/C18H18F2O2/c1-3-9-17(19)13-7-5-12(16(17)22)11-6-8-14(21)18(20,10-4-2)15(11)13/h3-6,8,11,13,15H,1-2,7,9-10H2/t11-,13-,15-,17+,18-/m0/s1. The van der Waals surface area contributed by atoms with Crippen molar-refractivity contribution in [1.29, 1.82) is 0 Å². The molecule has 1 fully saturated rings. The second kappa shape index (κ2) is 4.83. The second-order valence-electron chi connectivity index (χ2n) is 6.32. The molecule has 2 bridgehead atoms. The van der Waals surface area contributed by atoms with Crippen LogP contribution in [0.25, 0.3) is 0 Å². The van der Waals surface area contributed by atoms with Gasteiger partial charge in [0.05, 0.1) is 0 Å². The maximum Gasteiger partial charge on any atom is 0.196 e. The van der Waals surface area contributed by atoms with Gasteiger partial charge < -0.3 is 0 Å². The molecule has 0 aromatic heterocycles. The highest BCUT2D eigenvalue weighted by Gasteiger charge is 2.66. The van der Waals surface area contributed by atoms with E-state index in [1.54, 1.807) is 12.2 Å². The summed E-state index contributed by atoms with van der Waals surface area (Å²) < 4.78 is 30.8.